The number of benzene rings is 1. The monoisotopic (exact) mass is 319 g/mol. The van der Waals surface area contributed by atoms with Crippen molar-refractivity contribution >= 4 is 5.97 Å². The van der Waals surface area contributed by atoms with Crippen molar-refractivity contribution in [1.29, 1.82) is 0 Å². The van der Waals surface area contributed by atoms with E-state index in [9.17, 15) is 9.18 Å². The molecule has 2 aromatic rings. The summed E-state index contributed by atoms with van der Waals surface area (Å²) in [4.78, 5) is 11.9. The Hall–Kier alpha value is -2.28. The van der Waals surface area contributed by atoms with Gasteiger partial charge in [-0.1, -0.05) is 0 Å². The van der Waals surface area contributed by atoms with Crippen LogP contribution in [0.25, 0.3) is 11.3 Å². The van der Waals surface area contributed by atoms with Crippen LogP contribution in [0, 0.1) is 11.7 Å². The summed E-state index contributed by atoms with van der Waals surface area (Å²) in [5.41, 5.74) is 1.67. The summed E-state index contributed by atoms with van der Waals surface area (Å²) < 4.78 is 24.2. The van der Waals surface area contributed by atoms with Gasteiger partial charge in [0.2, 0.25) is 0 Å². The van der Waals surface area contributed by atoms with Crippen molar-refractivity contribution in [3.05, 3.63) is 35.3 Å². The molecule has 1 N–H and O–H groups in total. The Balaban J connectivity index is 1.86. The maximum absolute atomic E-state index is 13.6. The van der Waals surface area contributed by atoms with Gasteiger partial charge in [0.25, 0.3) is 0 Å². The molecule has 0 atom stereocenters. The summed E-state index contributed by atoms with van der Waals surface area (Å²) in [5.74, 6) is -0.306. The molecular formula is C16H18FN3O3. The number of hydrogen-bond donors (Lipinski definition) is 1. The number of hydrogen-bond acceptors (Lipinski definition) is 5. The summed E-state index contributed by atoms with van der Waals surface area (Å²) in [6.45, 7) is 2.89. The number of H-pyrrole nitrogens is 1. The quantitative estimate of drug-likeness (QED) is 0.794. The Morgan fingerprint density at radius 3 is 2.96 bits per heavy atom. The van der Waals surface area contributed by atoms with Gasteiger partial charge < -0.3 is 9.47 Å². The van der Waals surface area contributed by atoms with E-state index < -0.39 is 5.97 Å². The van der Waals surface area contributed by atoms with Crippen LogP contribution in [0.3, 0.4) is 0 Å². The smallest absolute Gasteiger partial charge is 0.361 e. The van der Waals surface area contributed by atoms with Crippen molar-refractivity contribution in [1.82, 2.24) is 15.4 Å². The summed E-state index contributed by atoms with van der Waals surface area (Å²) in [5, 5.41) is 10.3. The number of rotatable bonds is 7. The lowest BCUT2D eigenvalue weighted by molar-refractivity contribution is 0.0520. The second-order valence-electron chi connectivity index (χ2n) is 5.50. The number of carbonyl (C=O) groups is 1. The Kier molecular flexibility index (Phi) is 4.66. The summed E-state index contributed by atoms with van der Waals surface area (Å²) in [7, 11) is 0. The molecule has 0 unspecified atom stereocenters. The van der Waals surface area contributed by atoms with Crippen molar-refractivity contribution in [2.45, 2.75) is 26.4 Å². The van der Waals surface area contributed by atoms with Gasteiger partial charge in [-0.15, -0.1) is 5.10 Å². The van der Waals surface area contributed by atoms with E-state index in [0.29, 0.717) is 29.3 Å². The fourth-order valence-electron chi connectivity index (χ4n) is 2.29. The van der Waals surface area contributed by atoms with Crippen LogP contribution in [0.15, 0.2) is 18.2 Å². The van der Waals surface area contributed by atoms with Crippen LogP contribution in [-0.2, 0) is 16.1 Å². The number of aromatic amines is 1. The molecule has 23 heavy (non-hydrogen) atoms. The van der Waals surface area contributed by atoms with Gasteiger partial charge in [0.1, 0.15) is 11.5 Å². The molecule has 1 aromatic heterocycles. The van der Waals surface area contributed by atoms with Crippen molar-refractivity contribution in [2.24, 2.45) is 5.92 Å². The van der Waals surface area contributed by atoms with Gasteiger partial charge in [-0.3, -0.25) is 0 Å². The van der Waals surface area contributed by atoms with Crippen LogP contribution in [0.1, 0.15) is 35.8 Å². The number of nitrogens with one attached hydrogen (secondary N) is 1. The highest BCUT2D eigenvalue weighted by atomic mass is 19.1. The van der Waals surface area contributed by atoms with Gasteiger partial charge in [-0.05, 0) is 49.4 Å². The minimum atomic E-state index is -0.564. The van der Waals surface area contributed by atoms with E-state index in [4.69, 9.17) is 9.47 Å². The van der Waals surface area contributed by atoms with Gasteiger partial charge in [0.05, 0.1) is 13.2 Å². The third kappa shape index (κ3) is 3.73. The molecule has 122 valence electrons. The summed E-state index contributed by atoms with van der Waals surface area (Å²) >= 11 is 0. The highest BCUT2D eigenvalue weighted by Crippen LogP contribution is 2.30. The first kappa shape index (κ1) is 15.6. The molecule has 0 amide bonds. The number of carbonyl (C=O) groups excluding carboxylic acids is 1. The number of esters is 1. The molecule has 0 bridgehead atoms. The van der Waals surface area contributed by atoms with Crippen molar-refractivity contribution in [3.8, 4) is 11.3 Å². The van der Waals surface area contributed by atoms with Crippen molar-refractivity contribution in [2.75, 3.05) is 13.2 Å². The average Bonchev–Trinajstić information content (AvgIpc) is 3.22. The minimum absolute atomic E-state index is 0.0851. The fraction of sp³-hybridized carbons (Fsp3) is 0.438. The first-order chi connectivity index (χ1) is 11.2. The van der Waals surface area contributed by atoms with Crippen molar-refractivity contribution in [3.63, 3.8) is 0 Å². The highest BCUT2D eigenvalue weighted by molar-refractivity contribution is 5.94. The molecule has 1 saturated carbocycles. The largest absolute Gasteiger partial charge is 0.461 e. The first-order valence-electron chi connectivity index (χ1n) is 7.63. The van der Waals surface area contributed by atoms with Crippen LogP contribution in [0.2, 0.25) is 0 Å². The Morgan fingerprint density at radius 2 is 2.22 bits per heavy atom. The van der Waals surface area contributed by atoms with Crippen molar-refractivity contribution < 1.29 is 18.7 Å². The number of ether oxygens (including phenoxy) is 2. The average molecular weight is 319 g/mol. The van der Waals surface area contributed by atoms with E-state index in [1.54, 1.807) is 13.0 Å². The first-order valence-corrected chi connectivity index (χ1v) is 7.63. The number of nitrogens with zero attached hydrogens (tertiary/aromatic N) is 2. The van der Waals surface area contributed by atoms with E-state index in [0.717, 1.165) is 0 Å². The van der Waals surface area contributed by atoms with E-state index in [1.165, 1.54) is 25.0 Å². The summed E-state index contributed by atoms with van der Waals surface area (Å²) in [6, 6.07) is 4.29. The zero-order valence-electron chi connectivity index (χ0n) is 12.8. The van der Waals surface area contributed by atoms with Crippen LogP contribution in [0.4, 0.5) is 4.39 Å². The molecule has 3 rings (SSSR count). The van der Waals surface area contributed by atoms with E-state index in [1.807, 2.05) is 0 Å². The van der Waals surface area contributed by atoms with E-state index >= 15 is 0 Å². The normalized spacial score (nSPS) is 14.0. The SMILES string of the molecule is CCOC(=O)c1n[nH]nc1-c1ccc(F)cc1COCC1CC1. The van der Waals surface area contributed by atoms with Gasteiger partial charge >= 0.3 is 5.97 Å². The lowest BCUT2D eigenvalue weighted by atomic mass is 10.0. The zero-order valence-corrected chi connectivity index (χ0v) is 12.8. The summed E-state index contributed by atoms with van der Waals surface area (Å²) in [6.07, 6.45) is 2.37. The standard InChI is InChI=1S/C16H18FN3O3/c1-2-23-16(21)15-14(18-20-19-15)13-6-5-12(17)7-11(13)9-22-8-10-3-4-10/h5-7,10H,2-4,8-9H2,1H3,(H,18,19,20). The molecule has 0 saturated heterocycles. The fourth-order valence-corrected chi connectivity index (χ4v) is 2.29. The number of halogens is 1. The molecule has 1 fully saturated rings. The predicted octanol–water partition coefficient (Wildman–Crippen LogP) is 2.71. The maximum Gasteiger partial charge on any atom is 0.361 e. The second kappa shape index (κ2) is 6.87. The van der Waals surface area contributed by atoms with Crippen LogP contribution >= 0.6 is 0 Å². The van der Waals surface area contributed by atoms with Crippen LogP contribution in [0.5, 0.6) is 0 Å². The minimum Gasteiger partial charge on any atom is -0.461 e. The van der Waals surface area contributed by atoms with Gasteiger partial charge in [-0.25, -0.2) is 9.18 Å². The lowest BCUT2D eigenvalue weighted by Gasteiger charge is -2.09. The molecule has 0 spiro atoms. The molecule has 1 aliphatic carbocycles. The van der Waals surface area contributed by atoms with Gasteiger partial charge in [0.15, 0.2) is 5.69 Å². The lowest BCUT2D eigenvalue weighted by Crippen LogP contribution is -2.08. The molecule has 7 heteroatoms. The topological polar surface area (TPSA) is 77.1 Å². The molecule has 1 aromatic carbocycles. The molecule has 0 radical (unpaired) electrons. The molecule has 0 aliphatic heterocycles. The van der Waals surface area contributed by atoms with E-state index in [-0.39, 0.29) is 24.7 Å². The Morgan fingerprint density at radius 1 is 1.39 bits per heavy atom. The molecule has 6 nitrogen and oxygen atoms in total. The van der Waals surface area contributed by atoms with E-state index in [2.05, 4.69) is 15.4 Å². The Bertz CT molecular complexity index is 698. The number of aromatic nitrogens is 3. The van der Waals surface area contributed by atoms with Gasteiger partial charge in [-0.2, -0.15) is 10.3 Å². The maximum atomic E-state index is 13.6. The molecular weight excluding hydrogens is 301 g/mol. The predicted molar refractivity (Wildman–Crippen MR) is 80.1 cm³/mol. The second-order valence-corrected chi connectivity index (χ2v) is 5.50. The zero-order chi connectivity index (χ0) is 16.2. The van der Waals surface area contributed by atoms with Crippen LogP contribution < -0.4 is 0 Å². The highest BCUT2D eigenvalue weighted by Gasteiger charge is 2.23. The third-order valence-electron chi connectivity index (χ3n) is 3.65. The van der Waals surface area contributed by atoms with Crippen LogP contribution in [-0.4, -0.2) is 34.6 Å². The molecule has 1 aliphatic rings. The van der Waals surface area contributed by atoms with Gasteiger partial charge in [0, 0.05) is 12.2 Å². The third-order valence-corrected chi connectivity index (χ3v) is 3.65. The Labute approximate surface area is 133 Å². The molecule has 1 heterocycles.